The van der Waals surface area contributed by atoms with Crippen molar-refractivity contribution in [3.05, 3.63) is 64.5 Å². The molecule has 0 unspecified atom stereocenters. The number of Topliss-reactive ketones (excluding diaryl/α,β-unsaturated/α-hetero) is 1. The SMILES string of the molecule is Cc1ccc(C(=O)Cn2c(=NC[NH+](C)C)sc3ccccc32)cc1. The summed E-state index contributed by atoms with van der Waals surface area (Å²) in [6.45, 7) is 3.02. The average Bonchev–Trinajstić information content (AvgIpc) is 2.91. The van der Waals surface area contributed by atoms with Gasteiger partial charge < -0.3 is 9.47 Å². The molecule has 0 spiro atoms. The number of hydrogen-bond donors (Lipinski definition) is 1. The van der Waals surface area contributed by atoms with Crippen molar-refractivity contribution in [1.29, 1.82) is 0 Å². The third kappa shape index (κ3) is 3.63. The molecule has 0 aliphatic rings. The number of thiazole rings is 1. The zero-order chi connectivity index (χ0) is 17.1. The molecule has 3 aromatic rings. The summed E-state index contributed by atoms with van der Waals surface area (Å²) in [7, 11) is 4.14. The molecule has 0 aliphatic carbocycles. The van der Waals surface area contributed by atoms with Crippen LogP contribution in [0.1, 0.15) is 15.9 Å². The first kappa shape index (κ1) is 16.6. The number of ketones is 1. The lowest BCUT2D eigenvalue weighted by atomic mass is 10.1. The third-order valence-corrected chi connectivity index (χ3v) is 4.89. The summed E-state index contributed by atoms with van der Waals surface area (Å²) in [6.07, 6.45) is 0. The first-order valence-corrected chi connectivity index (χ1v) is 8.84. The minimum atomic E-state index is 0.109. The smallest absolute Gasteiger partial charge is 0.191 e. The fraction of sp³-hybridized carbons (Fsp3) is 0.263. The second-order valence-corrected chi connectivity index (χ2v) is 7.26. The predicted molar refractivity (Wildman–Crippen MR) is 98.6 cm³/mol. The monoisotopic (exact) mass is 340 g/mol. The molecule has 0 aliphatic heterocycles. The first-order chi connectivity index (χ1) is 11.5. The number of fused-ring (bicyclic) bond motifs is 1. The van der Waals surface area contributed by atoms with E-state index in [1.807, 2.05) is 47.9 Å². The van der Waals surface area contributed by atoms with E-state index in [0.717, 1.165) is 26.1 Å². The molecule has 5 heteroatoms. The Morgan fingerprint density at radius 2 is 1.83 bits per heavy atom. The molecule has 24 heavy (non-hydrogen) atoms. The highest BCUT2D eigenvalue weighted by atomic mass is 32.1. The summed E-state index contributed by atoms with van der Waals surface area (Å²) in [4.78, 5) is 19.5. The lowest BCUT2D eigenvalue weighted by Gasteiger charge is -2.06. The van der Waals surface area contributed by atoms with E-state index in [-0.39, 0.29) is 5.78 Å². The number of nitrogens with zero attached hydrogens (tertiary/aromatic N) is 2. The van der Waals surface area contributed by atoms with Gasteiger partial charge in [-0.15, -0.1) is 0 Å². The molecule has 1 N–H and O–H groups in total. The normalized spacial score (nSPS) is 12.2. The van der Waals surface area contributed by atoms with E-state index in [0.29, 0.717) is 13.2 Å². The summed E-state index contributed by atoms with van der Waals surface area (Å²) in [5, 5.41) is 0. The Morgan fingerprint density at radius 1 is 1.12 bits per heavy atom. The van der Waals surface area contributed by atoms with Crippen molar-refractivity contribution in [2.24, 2.45) is 4.99 Å². The van der Waals surface area contributed by atoms with Gasteiger partial charge in [0, 0.05) is 5.56 Å². The molecule has 1 heterocycles. The number of benzene rings is 2. The summed E-state index contributed by atoms with van der Waals surface area (Å²) in [6, 6.07) is 15.9. The van der Waals surface area contributed by atoms with Crippen molar-refractivity contribution in [2.45, 2.75) is 13.5 Å². The Labute approximate surface area is 145 Å². The number of quaternary nitrogens is 1. The van der Waals surface area contributed by atoms with Crippen LogP contribution in [0.25, 0.3) is 10.2 Å². The average molecular weight is 340 g/mol. The Kier molecular flexibility index (Phi) is 4.92. The van der Waals surface area contributed by atoms with Crippen molar-refractivity contribution >= 4 is 27.3 Å². The van der Waals surface area contributed by atoms with Crippen LogP contribution in [0.5, 0.6) is 0 Å². The van der Waals surface area contributed by atoms with E-state index in [2.05, 4.69) is 26.2 Å². The minimum Gasteiger partial charge on any atom is -0.321 e. The highest BCUT2D eigenvalue weighted by Gasteiger charge is 2.12. The summed E-state index contributed by atoms with van der Waals surface area (Å²) in [5.41, 5.74) is 2.97. The second kappa shape index (κ2) is 7.11. The van der Waals surface area contributed by atoms with E-state index < -0.39 is 0 Å². The van der Waals surface area contributed by atoms with Gasteiger partial charge in [-0.25, -0.2) is 4.99 Å². The Balaban J connectivity index is 2.00. The summed E-state index contributed by atoms with van der Waals surface area (Å²) >= 11 is 1.64. The van der Waals surface area contributed by atoms with Crippen molar-refractivity contribution in [2.75, 3.05) is 20.8 Å². The van der Waals surface area contributed by atoms with Gasteiger partial charge in [0.1, 0.15) is 0 Å². The molecule has 2 aromatic carbocycles. The molecule has 0 atom stereocenters. The van der Waals surface area contributed by atoms with Gasteiger partial charge >= 0.3 is 0 Å². The minimum absolute atomic E-state index is 0.109. The largest absolute Gasteiger partial charge is 0.321 e. The molecule has 1 aromatic heterocycles. The fourth-order valence-corrected chi connectivity index (χ4v) is 3.52. The molecule has 0 saturated carbocycles. The van der Waals surface area contributed by atoms with Crippen LogP contribution in [-0.4, -0.2) is 31.1 Å². The van der Waals surface area contributed by atoms with E-state index >= 15 is 0 Å². The van der Waals surface area contributed by atoms with Gasteiger partial charge in [0.15, 0.2) is 17.3 Å². The van der Waals surface area contributed by atoms with Gasteiger partial charge in [0.2, 0.25) is 0 Å². The van der Waals surface area contributed by atoms with Gasteiger partial charge in [-0.05, 0) is 19.1 Å². The number of carbonyl (C=O) groups is 1. The number of carbonyl (C=O) groups excluding carboxylic acids is 1. The first-order valence-electron chi connectivity index (χ1n) is 8.02. The number of aryl methyl sites for hydroxylation is 1. The summed E-state index contributed by atoms with van der Waals surface area (Å²) < 4.78 is 3.19. The number of hydrogen-bond acceptors (Lipinski definition) is 3. The van der Waals surface area contributed by atoms with Crippen LogP contribution in [0.3, 0.4) is 0 Å². The topological polar surface area (TPSA) is 38.8 Å². The van der Waals surface area contributed by atoms with Crippen LogP contribution in [0.15, 0.2) is 53.5 Å². The third-order valence-electron chi connectivity index (χ3n) is 3.79. The maximum atomic E-state index is 12.7. The van der Waals surface area contributed by atoms with Crippen LogP contribution in [0.4, 0.5) is 0 Å². The molecule has 3 rings (SSSR count). The zero-order valence-electron chi connectivity index (χ0n) is 14.2. The number of aromatic nitrogens is 1. The van der Waals surface area contributed by atoms with Gasteiger partial charge in [-0.2, -0.15) is 0 Å². The standard InChI is InChI=1S/C19H21N3OS/c1-14-8-10-15(11-9-14)17(23)12-22-16-6-4-5-7-18(16)24-19(22)20-13-21(2)3/h4-11H,12-13H2,1-3H3/p+1. The van der Waals surface area contributed by atoms with Crippen LogP contribution in [0.2, 0.25) is 0 Å². The van der Waals surface area contributed by atoms with E-state index in [4.69, 9.17) is 4.99 Å². The number of nitrogens with one attached hydrogen (secondary N) is 1. The van der Waals surface area contributed by atoms with Gasteiger partial charge in [0.05, 0.1) is 30.9 Å². The van der Waals surface area contributed by atoms with Gasteiger partial charge in [0.25, 0.3) is 0 Å². The van der Waals surface area contributed by atoms with Crippen molar-refractivity contribution in [1.82, 2.24) is 4.57 Å². The zero-order valence-corrected chi connectivity index (χ0v) is 15.1. The van der Waals surface area contributed by atoms with Gasteiger partial charge in [-0.1, -0.05) is 53.3 Å². The predicted octanol–water partition coefficient (Wildman–Crippen LogP) is 1.90. The lowest BCUT2D eigenvalue weighted by molar-refractivity contribution is -0.857. The molecule has 124 valence electrons. The molecule has 0 amide bonds. The Hall–Kier alpha value is -2.24. The molecule has 0 bridgehead atoms. The van der Waals surface area contributed by atoms with Crippen LogP contribution >= 0.6 is 11.3 Å². The molecule has 0 fully saturated rings. The van der Waals surface area contributed by atoms with Crippen molar-refractivity contribution in [3.63, 3.8) is 0 Å². The van der Waals surface area contributed by atoms with E-state index in [1.54, 1.807) is 11.3 Å². The fourth-order valence-electron chi connectivity index (χ4n) is 2.49. The van der Waals surface area contributed by atoms with E-state index in [9.17, 15) is 4.79 Å². The van der Waals surface area contributed by atoms with Crippen molar-refractivity contribution in [3.8, 4) is 0 Å². The van der Waals surface area contributed by atoms with Crippen molar-refractivity contribution < 1.29 is 9.69 Å². The van der Waals surface area contributed by atoms with Crippen LogP contribution < -0.4 is 9.70 Å². The highest BCUT2D eigenvalue weighted by Crippen LogP contribution is 2.17. The summed E-state index contributed by atoms with van der Waals surface area (Å²) in [5.74, 6) is 0.109. The Bertz CT molecular complexity index is 920. The maximum absolute atomic E-state index is 12.7. The lowest BCUT2D eigenvalue weighted by Crippen LogP contribution is -3.05. The molecular weight excluding hydrogens is 318 g/mol. The quantitative estimate of drug-likeness (QED) is 0.708. The molecule has 4 nitrogen and oxygen atoms in total. The Morgan fingerprint density at radius 3 is 2.54 bits per heavy atom. The van der Waals surface area contributed by atoms with E-state index in [1.165, 1.54) is 4.90 Å². The number of rotatable bonds is 5. The van der Waals surface area contributed by atoms with Gasteiger partial charge in [-0.3, -0.25) is 4.79 Å². The highest BCUT2D eigenvalue weighted by molar-refractivity contribution is 7.16. The van der Waals surface area contributed by atoms with Crippen LogP contribution in [0, 0.1) is 6.92 Å². The second-order valence-electron chi connectivity index (χ2n) is 6.25. The maximum Gasteiger partial charge on any atom is 0.191 e. The van der Waals surface area contributed by atoms with Crippen LogP contribution in [-0.2, 0) is 6.54 Å². The molecule has 0 radical (unpaired) electrons. The molecule has 0 saturated heterocycles. The number of para-hydroxylation sites is 1. The molecular formula is C19H22N3OS+.